The number of aryl methyl sites for hydroxylation is 2. The van der Waals surface area contributed by atoms with Crippen LogP contribution in [0.3, 0.4) is 0 Å². The molecule has 2 aliphatic rings. The molecule has 0 spiro atoms. The molecule has 0 radical (unpaired) electrons. The zero-order valence-electron chi connectivity index (χ0n) is 16.0. The van der Waals surface area contributed by atoms with E-state index in [1.165, 1.54) is 55.9 Å². The lowest BCUT2D eigenvalue weighted by Gasteiger charge is -2.21. The van der Waals surface area contributed by atoms with Gasteiger partial charge in [0.1, 0.15) is 11.1 Å². The average molecular weight is 388 g/mol. The number of fused-ring (bicyclic) bond motifs is 1. The van der Waals surface area contributed by atoms with Gasteiger partial charge < -0.3 is 10.1 Å². The first-order valence-corrected chi connectivity index (χ1v) is 11.2. The minimum absolute atomic E-state index is 0.0129. The number of carbonyl (C=O) groups excluding carboxylic acids is 1. The second-order valence-corrected chi connectivity index (χ2v) is 8.35. The molecule has 0 aromatic carbocycles. The molecule has 1 aromatic rings. The number of pyridine rings is 1. The van der Waals surface area contributed by atoms with Crippen LogP contribution in [0.2, 0.25) is 0 Å². The Morgan fingerprint density at radius 3 is 2.89 bits per heavy atom. The van der Waals surface area contributed by atoms with Crippen LogP contribution in [-0.2, 0) is 22.4 Å². The summed E-state index contributed by atoms with van der Waals surface area (Å²) < 4.78 is 5.87. The van der Waals surface area contributed by atoms with Crippen LogP contribution >= 0.6 is 11.8 Å². The summed E-state index contributed by atoms with van der Waals surface area (Å²) in [6.45, 7) is 1.35. The number of aromatic nitrogens is 1. The molecule has 0 bridgehead atoms. The summed E-state index contributed by atoms with van der Waals surface area (Å²) in [6.07, 6.45) is 11.8. The maximum absolute atomic E-state index is 12.1. The van der Waals surface area contributed by atoms with Gasteiger partial charge >= 0.3 is 0 Å². The van der Waals surface area contributed by atoms with Gasteiger partial charge in [0.25, 0.3) is 0 Å². The zero-order chi connectivity index (χ0) is 18.9. The maximum Gasteiger partial charge on any atom is 0.230 e. The molecule has 1 aromatic heterocycles. The highest BCUT2D eigenvalue weighted by atomic mass is 32.2. The first-order chi connectivity index (χ1) is 13.3. The lowest BCUT2D eigenvalue weighted by molar-refractivity contribution is -0.118. The number of nitrogens with one attached hydrogen (secondary N) is 1. The summed E-state index contributed by atoms with van der Waals surface area (Å²) in [5.74, 6) is 0.283. The van der Waals surface area contributed by atoms with Crippen molar-refractivity contribution in [1.82, 2.24) is 10.3 Å². The quantitative estimate of drug-likeness (QED) is 0.543. The SMILES string of the molecule is N#Cc1cc2c(nc1SCC(=O)NCCCOC1CCCCC1)CCCC2. The molecule has 0 aliphatic heterocycles. The number of nitriles is 1. The lowest BCUT2D eigenvalue weighted by atomic mass is 9.95. The number of carbonyl (C=O) groups is 1. The number of amides is 1. The second-order valence-electron chi connectivity index (χ2n) is 7.39. The minimum Gasteiger partial charge on any atom is -0.378 e. The highest BCUT2D eigenvalue weighted by Crippen LogP contribution is 2.27. The molecule has 6 heteroatoms. The van der Waals surface area contributed by atoms with E-state index < -0.39 is 0 Å². The van der Waals surface area contributed by atoms with Gasteiger partial charge in [0.15, 0.2) is 0 Å². The molecule has 2 aliphatic carbocycles. The molecule has 0 atom stereocenters. The fourth-order valence-electron chi connectivity index (χ4n) is 3.77. The predicted molar refractivity (Wildman–Crippen MR) is 107 cm³/mol. The van der Waals surface area contributed by atoms with Gasteiger partial charge in [0.2, 0.25) is 5.91 Å². The molecule has 0 saturated heterocycles. The predicted octanol–water partition coefficient (Wildman–Crippen LogP) is 3.78. The number of hydrogen-bond acceptors (Lipinski definition) is 5. The van der Waals surface area contributed by atoms with Crippen molar-refractivity contribution >= 4 is 17.7 Å². The van der Waals surface area contributed by atoms with E-state index in [1.54, 1.807) is 0 Å². The molecule has 1 fully saturated rings. The minimum atomic E-state index is -0.0129. The van der Waals surface area contributed by atoms with Crippen LogP contribution < -0.4 is 5.32 Å². The Kier molecular flexibility index (Phi) is 7.97. The first-order valence-electron chi connectivity index (χ1n) is 10.2. The van der Waals surface area contributed by atoms with E-state index in [-0.39, 0.29) is 5.91 Å². The van der Waals surface area contributed by atoms with Gasteiger partial charge in [-0.1, -0.05) is 31.0 Å². The molecule has 146 valence electrons. The monoisotopic (exact) mass is 387 g/mol. The third kappa shape index (κ3) is 6.22. The van der Waals surface area contributed by atoms with Crippen molar-refractivity contribution in [1.29, 1.82) is 5.26 Å². The van der Waals surface area contributed by atoms with Gasteiger partial charge in [-0.15, -0.1) is 0 Å². The van der Waals surface area contributed by atoms with E-state index in [2.05, 4.69) is 16.4 Å². The number of thioether (sulfide) groups is 1. The molecule has 27 heavy (non-hydrogen) atoms. The van der Waals surface area contributed by atoms with Crippen molar-refractivity contribution in [3.63, 3.8) is 0 Å². The van der Waals surface area contributed by atoms with Gasteiger partial charge in [-0.2, -0.15) is 5.26 Å². The molecule has 1 N–H and O–H groups in total. The average Bonchev–Trinajstić information content (AvgIpc) is 2.72. The van der Waals surface area contributed by atoms with Gasteiger partial charge in [-0.3, -0.25) is 4.79 Å². The lowest BCUT2D eigenvalue weighted by Crippen LogP contribution is -2.27. The van der Waals surface area contributed by atoms with E-state index >= 15 is 0 Å². The summed E-state index contributed by atoms with van der Waals surface area (Å²) in [5.41, 5.74) is 2.89. The van der Waals surface area contributed by atoms with Gasteiger partial charge in [0, 0.05) is 18.8 Å². The Bertz CT molecular complexity index is 681. The van der Waals surface area contributed by atoms with Gasteiger partial charge in [0.05, 0.1) is 17.4 Å². The largest absolute Gasteiger partial charge is 0.378 e. The van der Waals surface area contributed by atoms with Crippen LogP contribution in [-0.4, -0.2) is 35.9 Å². The summed E-state index contributed by atoms with van der Waals surface area (Å²) >= 11 is 1.36. The number of nitrogens with zero attached hydrogens (tertiary/aromatic N) is 2. The Labute approximate surface area is 166 Å². The van der Waals surface area contributed by atoms with Crippen LogP contribution in [0.4, 0.5) is 0 Å². The normalized spacial score (nSPS) is 17.1. The number of ether oxygens (including phenoxy) is 1. The Balaban J connectivity index is 1.37. The van der Waals surface area contributed by atoms with Gasteiger partial charge in [-0.25, -0.2) is 4.98 Å². The fraction of sp³-hybridized carbons (Fsp3) is 0.667. The van der Waals surface area contributed by atoms with Crippen molar-refractivity contribution in [2.45, 2.75) is 75.3 Å². The molecule has 3 rings (SSSR count). The molecule has 0 unspecified atom stereocenters. The van der Waals surface area contributed by atoms with E-state index in [0.717, 1.165) is 31.4 Å². The third-order valence-electron chi connectivity index (χ3n) is 5.28. The topological polar surface area (TPSA) is 75.0 Å². The Morgan fingerprint density at radius 1 is 1.26 bits per heavy atom. The molecule has 1 amide bonds. The summed E-state index contributed by atoms with van der Waals surface area (Å²) in [5, 5.41) is 13.0. The van der Waals surface area contributed by atoms with E-state index in [0.29, 0.717) is 35.6 Å². The number of rotatable bonds is 8. The van der Waals surface area contributed by atoms with Crippen LogP contribution in [0, 0.1) is 11.3 Å². The Morgan fingerprint density at radius 2 is 2.07 bits per heavy atom. The highest BCUT2D eigenvalue weighted by Gasteiger charge is 2.16. The number of hydrogen-bond donors (Lipinski definition) is 1. The van der Waals surface area contributed by atoms with E-state index in [9.17, 15) is 10.1 Å². The fourth-order valence-corrected chi connectivity index (χ4v) is 4.58. The molecule has 5 nitrogen and oxygen atoms in total. The van der Waals surface area contributed by atoms with E-state index in [1.807, 2.05) is 6.07 Å². The molecular formula is C21H29N3O2S. The van der Waals surface area contributed by atoms with Crippen LogP contribution in [0.1, 0.15) is 68.2 Å². The zero-order valence-corrected chi connectivity index (χ0v) is 16.8. The molecule has 1 saturated carbocycles. The maximum atomic E-state index is 12.1. The van der Waals surface area contributed by atoms with Crippen molar-refractivity contribution < 1.29 is 9.53 Å². The Hall–Kier alpha value is -1.58. The van der Waals surface area contributed by atoms with Crippen LogP contribution in [0.5, 0.6) is 0 Å². The van der Waals surface area contributed by atoms with Crippen molar-refractivity contribution in [2.24, 2.45) is 0 Å². The standard InChI is InChI=1S/C21H29N3O2S/c22-14-17-13-16-7-4-5-10-19(16)24-21(17)27-15-20(25)23-11-6-12-26-18-8-2-1-3-9-18/h13,18H,1-12,15H2,(H,23,25). The van der Waals surface area contributed by atoms with Crippen molar-refractivity contribution in [3.8, 4) is 6.07 Å². The van der Waals surface area contributed by atoms with Gasteiger partial charge in [-0.05, 0) is 56.6 Å². The third-order valence-corrected chi connectivity index (χ3v) is 6.27. The van der Waals surface area contributed by atoms with Crippen LogP contribution in [0.25, 0.3) is 0 Å². The highest BCUT2D eigenvalue weighted by molar-refractivity contribution is 8.00. The molecule has 1 heterocycles. The summed E-state index contributed by atoms with van der Waals surface area (Å²) in [7, 11) is 0. The van der Waals surface area contributed by atoms with Crippen LogP contribution in [0.15, 0.2) is 11.1 Å². The van der Waals surface area contributed by atoms with Crippen molar-refractivity contribution in [2.75, 3.05) is 18.9 Å². The summed E-state index contributed by atoms with van der Waals surface area (Å²) in [6, 6.07) is 4.19. The van der Waals surface area contributed by atoms with E-state index in [4.69, 9.17) is 4.74 Å². The summed E-state index contributed by atoms with van der Waals surface area (Å²) in [4.78, 5) is 16.7. The smallest absolute Gasteiger partial charge is 0.230 e. The van der Waals surface area contributed by atoms with Crippen molar-refractivity contribution in [3.05, 3.63) is 22.9 Å². The molecular weight excluding hydrogens is 358 g/mol. The second kappa shape index (κ2) is 10.7. The first kappa shape index (κ1) is 20.2.